The Kier molecular flexibility index (Phi) is 7.67. The van der Waals surface area contributed by atoms with Crippen molar-refractivity contribution < 1.29 is 42.1 Å². The Labute approximate surface area is 246 Å². The summed E-state index contributed by atoms with van der Waals surface area (Å²) in [5.41, 5.74) is -0.863. The zero-order valence-electron chi connectivity index (χ0n) is 23.8. The molecule has 8 nitrogen and oxygen atoms in total. The van der Waals surface area contributed by atoms with Crippen LogP contribution in [0.15, 0.2) is 36.4 Å². The third kappa shape index (κ3) is 5.60. The van der Waals surface area contributed by atoms with Crippen LogP contribution >= 0.6 is 0 Å². The number of ether oxygens (including phenoxy) is 1. The predicted molar refractivity (Wildman–Crippen MR) is 148 cm³/mol. The summed E-state index contributed by atoms with van der Waals surface area (Å²) < 4.78 is 60.5. The molecule has 1 aliphatic carbocycles. The molecular weight excluding hydrogens is 570 g/mol. The molecule has 2 unspecified atom stereocenters. The molecule has 232 valence electrons. The number of fused-ring (bicyclic) bond motifs is 1. The number of anilines is 1. The number of amides is 1. The summed E-state index contributed by atoms with van der Waals surface area (Å²) >= 11 is 0. The van der Waals surface area contributed by atoms with Gasteiger partial charge in [-0.25, -0.2) is 9.18 Å². The monoisotopic (exact) mass is 605 g/mol. The molecule has 3 heterocycles. The highest BCUT2D eigenvalue weighted by Gasteiger charge is 2.56. The topological polar surface area (TPSA) is 93.6 Å². The van der Waals surface area contributed by atoms with E-state index in [1.807, 2.05) is 6.92 Å². The maximum Gasteiger partial charge on any atom is 0.416 e. The number of aliphatic hydroxyl groups is 1. The van der Waals surface area contributed by atoms with E-state index in [4.69, 9.17) is 4.74 Å². The molecule has 2 N–H and O–H groups in total. The molecule has 4 atom stereocenters. The lowest BCUT2D eigenvalue weighted by molar-refractivity contribution is -0.178. The van der Waals surface area contributed by atoms with E-state index >= 15 is 0 Å². The Hall–Kier alpha value is -3.22. The highest BCUT2D eigenvalue weighted by molar-refractivity contribution is 5.89. The second kappa shape index (κ2) is 11.0. The number of aliphatic hydroxyl groups excluding tert-OH is 1. The molecule has 0 bridgehead atoms. The van der Waals surface area contributed by atoms with Crippen LogP contribution in [0, 0.1) is 11.7 Å². The number of piperazine rings is 1. The van der Waals surface area contributed by atoms with E-state index in [9.17, 15) is 37.4 Å². The van der Waals surface area contributed by atoms with E-state index in [1.54, 1.807) is 6.07 Å². The number of hydrogen-bond donors (Lipinski definition) is 2. The highest BCUT2D eigenvalue weighted by atomic mass is 19.4. The minimum absolute atomic E-state index is 0.00487. The van der Waals surface area contributed by atoms with Crippen molar-refractivity contribution in [3.05, 3.63) is 64.5 Å². The SMILES string of the molecule is C[C@H]1CN(C2CC[C@@](C(=O)N3Cc4cc(C(F)(F)F)ccc4C(O)C3)(C3CC3)OC2)CCN1c1ccc(F)c(C(=O)O)c1. The van der Waals surface area contributed by atoms with Crippen LogP contribution in [0.25, 0.3) is 0 Å². The lowest BCUT2D eigenvalue weighted by Crippen LogP contribution is -2.61. The van der Waals surface area contributed by atoms with Gasteiger partial charge in [0, 0.05) is 44.0 Å². The Morgan fingerprint density at radius 1 is 1.05 bits per heavy atom. The van der Waals surface area contributed by atoms with Gasteiger partial charge in [-0.2, -0.15) is 13.2 Å². The average Bonchev–Trinajstić information content (AvgIpc) is 3.82. The molecule has 12 heteroatoms. The zero-order chi connectivity index (χ0) is 30.7. The quantitative estimate of drug-likeness (QED) is 0.487. The van der Waals surface area contributed by atoms with Gasteiger partial charge < -0.3 is 24.7 Å². The second-order valence-electron chi connectivity index (χ2n) is 12.3. The number of carboxylic acid groups (broad SMARTS) is 1. The molecule has 3 aliphatic heterocycles. The van der Waals surface area contributed by atoms with Crippen LogP contribution in [-0.4, -0.2) is 82.4 Å². The molecule has 0 aromatic heterocycles. The first-order valence-electron chi connectivity index (χ1n) is 14.7. The zero-order valence-corrected chi connectivity index (χ0v) is 23.8. The van der Waals surface area contributed by atoms with Crippen LogP contribution in [0.2, 0.25) is 0 Å². The van der Waals surface area contributed by atoms with Crippen molar-refractivity contribution in [3.8, 4) is 0 Å². The average molecular weight is 606 g/mol. The van der Waals surface area contributed by atoms with Crippen molar-refractivity contribution in [2.45, 2.75) is 69.1 Å². The summed E-state index contributed by atoms with van der Waals surface area (Å²) in [7, 11) is 0. The van der Waals surface area contributed by atoms with Crippen LogP contribution in [0.3, 0.4) is 0 Å². The Morgan fingerprint density at radius 3 is 2.44 bits per heavy atom. The summed E-state index contributed by atoms with van der Waals surface area (Å²) in [6, 6.07) is 7.50. The normalized spacial score (nSPS) is 28.5. The van der Waals surface area contributed by atoms with Gasteiger partial charge in [0.1, 0.15) is 11.4 Å². The second-order valence-corrected chi connectivity index (χ2v) is 12.3. The van der Waals surface area contributed by atoms with E-state index in [2.05, 4.69) is 9.80 Å². The number of nitrogens with zero attached hydrogens (tertiary/aromatic N) is 3. The van der Waals surface area contributed by atoms with Gasteiger partial charge in [-0.05, 0) is 80.0 Å². The number of carbonyl (C=O) groups excluding carboxylic acids is 1. The number of carbonyl (C=O) groups is 2. The van der Waals surface area contributed by atoms with E-state index in [-0.39, 0.29) is 42.6 Å². The maximum absolute atomic E-state index is 14.0. The Bertz CT molecular complexity index is 1410. The fourth-order valence-corrected chi connectivity index (χ4v) is 7.08. The number of aromatic carboxylic acids is 1. The van der Waals surface area contributed by atoms with E-state index < -0.39 is 35.2 Å². The van der Waals surface area contributed by atoms with Crippen molar-refractivity contribution >= 4 is 17.6 Å². The molecule has 2 aromatic carbocycles. The summed E-state index contributed by atoms with van der Waals surface area (Å²) in [6.07, 6.45) is -2.72. The van der Waals surface area contributed by atoms with Crippen LogP contribution in [-0.2, 0) is 22.3 Å². The molecule has 0 radical (unpaired) electrons. The summed E-state index contributed by atoms with van der Waals surface area (Å²) in [5, 5.41) is 20.0. The smallest absolute Gasteiger partial charge is 0.416 e. The van der Waals surface area contributed by atoms with E-state index in [1.165, 1.54) is 23.1 Å². The van der Waals surface area contributed by atoms with Crippen LogP contribution in [0.5, 0.6) is 0 Å². The van der Waals surface area contributed by atoms with Crippen LogP contribution < -0.4 is 4.90 Å². The van der Waals surface area contributed by atoms with Gasteiger partial charge in [-0.1, -0.05) is 6.07 Å². The first-order valence-corrected chi connectivity index (χ1v) is 14.7. The van der Waals surface area contributed by atoms with Crippen molar-refractivity contribution in [3.63, 3.8) is 0 Å². The fraction of sp³-hybridized carbons (Fsp3) is 0.548. The number of carboxylic acids is 1. The van der Waals surface area contributed by atoms with Gasteiger partial charge in [0.05, 0.1) is 30.4 Å². The van der Waals surface area contributed by atoms with Crippen molar-refractivity contribution in [2.24, 2.45) is 5.92 Å². The van der Waals surface area contributed by atoms with Crippen LogP contribution in [0.1, 0.15) is 65.8 Å². The number of alkyl halides is 3. The Balaban J connectivity index is 1.12. The van der Waals surface area contributed by atoms with Gasteiger partial charge in [0.15, 0.2) is 0 Å². The van der Waals surface area contributed by atoms with Crippen LogP contribution in [0.4, 0.5) is 23.2 Å². The third-order valence-electron chi connectivity index (χ3n) is 9.54. The van der Waals surface area contributed by atoms with Gasteiger partial charge in [0.25, 0.3) is 5.91 Å². The van der Waals surface area contributed by atoms with Gasteiger partial charge in [0.2, 0.25) is 0 Å². The summed E-state index contributed by atoms with van der Waals surface area (Å²) in [6.45, 7) is 4.32. The number of rotatable bonds is 5. The van der Waals surface area contributed by atoms with Gasteiger partial charge in [-0.15, -0.1) is 0 Å². The molecular formula is C31H35F4N3O5. The fourth-order valence-electron chi connectivity index (χ4n) is 7.08. The lowest BCUT2D eigenvalue weighted by atomic mass is 9.84. The molecule has 4 aliphatic rings. The molecule has 1 saturated carbocycles. The molecule has 0 spiro atoms. The minimum atomic E-state index is -4.52. The molecule has 2 aromatic rings. The predicted octanol–water partition coefficient (Wildman–Crippen LogP) is 4.46. The molecule has 6 rings (SSSR count). The third-order valence-corrected chi connectivity index (χ3v) is 9.54. The molecule has 43 heavy (non-hydrogen) atoms. The standard InChI is InChI=1S/C31H35F4N3O5/c1-18-14-36(10-11-38(18)22-5-7-26(32)25(13-22)28(40)41)23-8-9-30(43-17-23,20-2-3-20)29(42)37-15-19-12-21(31(33,34)35)4-6-24(19)27(39)16-37/h4-7,12-13,18,20,23,27,39H,2-3,8-11,14-17H2,1H3,(H,40,41)/t18-,23?,27?,30-/m0/s1. The van der Waals surface area contributed by atoms with Gasteiger partial charge in [-0.3, -0.25) is 9.69 Å². The summed E-state index contributed by atoms with van der Waals surface area (Å²) in [5.74, 6) is -2.31. The lowest BCUT2D eigenvalue weighted by Gasteiger charge is -2.49. The first kappa shape index (κ1) is 29.8. The highest BCUT2D eigenvalue weighted by Crippen LogP contribution is 2.49. The van der Waals surface area contributed by atoms with E-state index in [0.717, 1.165) is 25.0 Å². The Morgan fingerprint density at radius 2 is 1.81 bits per heavy atom. The van der Waals surface area contributed by atoms with Crippen molar-refractivity contribution in [2.75, 3.05) is 37.7 Å². The van der Waals surface area contributed by atoms with Crippen molar-refractivity contribution in [1.82, 2.24) is 9.80 Å². The van der Waals surface area contributed by atoms with Crippen molar-refractivity contribution in [1.29, 1.82) is 0 Å². The summed E-state index contributed by atoms with van der Waals surface area (Å²) in [4.78, 5) is 31.2. The van der Waals surface area contributed by atoms with E-state index in [0.29, 0.717) is 55.9 Å². The number of benzene rings is 2. The number of hydrogen-bond acceptors (Lipinski definition) is 6. The number of halogens is 4. The molecule has 1 amide bonds. The number of β-amino-alcohol motifs (C(OH)–C–C–N with tert-alkyl or cyclic N) is 1. The molecule has 2 saturated heterocycles. The van der Waals surface area contributed by atoms with Gasteiger partial charge >= 0.3 is 12.1 Å². The largest absolute Gasteiger partial charge is 0.478 e. The first-order chi connectivity index (χ1) is 20.4. The minimum Gasteiger partial charge on any atom is -0.478 e. The molecule has 3 fully saturated rings. The maximum atomic E-state index is 14.0.